The highest BCUT2D eigenvalue weighted by Crippen LogP contribution is 2.28. The molecule has 0 aliphatic heterocycles. The van der Waals surface area contributed by atoms with Crippen LogP contribution in [0.5, 0.6) is 11.5 Å². The highest BCUT2D eigenvalue weighted by molar-refractivity contribution is 6.02. The molecule has 0 saturated heterocycles. The summed E-state index contributed by atoms with van der Waals surface area (Å²) in [6.45, 7) is 0.363. The zero-order valence-corrected chi connectivity index (χ0v) is 20.1. The van der Waals surface area contributed by atoms with Gasteiger partial charge >= 0.3 is 0 Å². The standard InChI is InChI=1S/C29H26N4O3/c1-35-26-14-13-21(17-27(26)36-2)15-16-31-29(34)23(19-30)18-24-20-33(25-11-7-4-8-12-25)32-28(24)22-9-5-3-6-10-22/h3-14,17-18,20H,15-16H2,1-2H3,(H,31,34)/b23-18+. The van der Waals surface area contributed by atoms with Crippen molar-refractivity contribution < 1.29 is 14.3 Å². The van der Waals surface area contributed by atoms with Gasteiger partial charge < -0.3 is 14.8 Å². The highest BCUT2D eigenvalue weighted by Gasteiger charge is 2.15. The van der Waals surface area contributed by atoms with Crippen LogP contribution in [0.2, 0.25) is 0 Å². The van der Waals surface area contributed by atoms with E-state index in [4.69, 9.17) is 14.6 Å². The third kappa shape index (κ3) is 5.62. The number of nitrogens with zero attached hydrogens (tertiary/aromatic N) is 3. The van der Waals surface area contributed by atoms with Crippen LogP contribution >= 0.6 is 0 Å². The fourth-order valence-corrected chi connectivity index (χ4v) is 3.78. The summed E-state index contributed by atoms with van der Waals surface area (Å²) >= 11 is 0. The minimum Gasteiger partial charge on any atom is -0.493 e. The van der Waals surface area contributed by atoms with Gasteiger partial charge in [-0.3, -0.25) is 4.79 Å². The molecule has 7 heteroatoms. The number of nitriles is 1. The summed E-state index contributed by atoms with van der Waals surface area (Å²) in [4.78, 5) is 12.8. The van der Waals surface area contributed by atoms with Gasteiger partial charge in [-0.25, -0.2) is 4.68 Å². The van der Waals surface area contributed by atoms with Crippen molar-refractivity contribution >= 4 is 12.0 Å². The van der Waals surface area contributed by atoms with Gasteiger partial charge in [0, 0.05) is 23.9 Å². The molecule has 36 heavy (non-hydrogen) atoms. The average molecular weight is 479 g/mol. The highest BCUT2D eigenvalue weighted by atomic mass is 16.5. The fraction of sp³-hybridized carbons (Fsp3) is 0.138. The lowest BCUT2D eigenvalue weighted by atomic mass is 10.1. The van der Waals surface area contributed by atoms with Crippen molar-refractivity contribution in [2.24, 2.45) is 0 Å². The van der Waals surface area contributed by atoms with Gasteiger partial charge in [-0.2, -0.15) is 10.4 Å². The lowest BCUT2D eigenvalue weighted by Gasteiger charge is -2.10. The zero-order valence-electron chi connectivity index (χ0n) is 20.1. The summed E-state index contributed by atoms with van der Waals surface area (Å²) in [6.07, 6.45) is 3.98. The molecule has 3 aromatic carbocycles. The quantitative estimate of drug-likeness (QED) is 0.275. The molecule has 0 radical (unpaired) electrons. The first kappa shape index (κ1) is 24.3. The molecule has 0 unspecified atom stereocenters. The van der Waals surface area contributed by atoms with Gasteiger partial charge in [0.05, 0.1) is 25.6 Å². The van der Waals surface area contributed by atoms with Crippen molar-refractivity contribution in [3.05, 3.63) is 102 Å². The van der Waals surface area contributed by atoms with E-state index in [2.05, 4.69) is 5.32 Å². The number of rotatable bonds is 9. The molecule has 1 N–H and O–H groups in total. The number of carbonyl (C=O) groups excluding carboxylic acids is 1. The van der Waals surface area contributed by atoms with E-state index in [1.165, 1.54) is 0 Å². The third-order valence-corrected chi connectivity index (χ3v) is 5.62. The van der Waals surface area contributed by atoms with Gasteiger partial charge in [-0.15, -0.1) is 0 Å². The van der Waals surface area contributed by atoms with Crippen LogP contribution in [0.15, 0.2) is 90.6 Å². The van der Waals surface area contributed by atoms with E-state index >= 15 is 0 Å². The Morgan fingerprint density at radius 3 is 2.36 bits per heavy atom. The molecular weight excluding hydrogens is 452 g/mol. The fourth-order valence-electron chi connectivity index (χ4n) is 3.78. The minimum absolute atomic E-state index is 0.00658. The predicted octanol–water partition coefficient (Wildman–Crippen LogP) is 4.82. The summed E-state index contributed by atoms with van der Waals surface area (Å²) in [5.74, 6) is 0.831. The number of benzene rings is 3. The van der Waals surface area contributed by atoms with Crippen LogP contribution in [0.3, 0.4) is 0 Å². The van der Waals surface area contributed by atoms with Crippen LogP contribution in [0.1, 0.15) is 11.1 Å². The number of para-hydroxylation sites is 1. The zero-order chi connectivity index (χ0) is 25.3. The molecule has 0 bridgehead atoms. The third-order valence-electron chi connectivity index (χ3n) is 5.62. The summed E-state index contributed by atoms with van der Waals surface area (Å²) in [5.41, 5.74) is 4.12. The van der Waals surface area contributed by atoms with E-state index in [1.807, 2.05) is 91.1 Å². The molecule has 0 fully saturated rings. The van der Waals surface area contributed by atoms with Crippen molar-refractivity contribution in [3.8, 4) is 34.5 Å². The summed E-state index contributed by atoms with van der Waals surface area (Å²) < 4.78 is 12.3. The van der Waals surface area contributed by atoms with Crippen LogP contribution < -0.4 is 14.8 Å². The summed E-state index contributed by atoms with van der Waals surface area (Å²) in [5, 5.41) is 17.3. The Balaban J connectivity index is 1.55. The number of aromatic nitrogens is 2. The number of methoxy groups -OCH3 is 2. The van der Waals surface area contributed by atoms with Gasteiger partial charge in [-0.1, -0.05) is 54.6 Å². The summed E-state index contributed by atoms with van der Waals surface area (Å²) in [7, 11) is 3.16. The van der Waals surface area contributed by atoms with E-state index < -0.39 is 5.91 Å². The van der Waals surface area contributed by atoms with Gasteiger partial charge in [0.1, 0.15) is 11.6 Å². The molecule has 0 atom stereocenters. The molecule has 0 aliphatic carbocycles. The van der Waals surface area contributed by atoms with E-state index in [9.17, 15) is 10.1 Å². The van der Waals surface area contributed by atoms with Crippen LogP contribution in [-0.4, -0.2) is 36.5 Å². The number of hydrogen-bond donors (Lipinski definition) is 1. The van der Waals surface area contributed by atoms with Crippen LogP contribution in [0, 0.1) is 11.3 Å². The maximum Gasteiger partial charge on any atom is 0.261 e. The van der Waals surface area contributed by atoms with E-state index in [0.29, 0.717) is 35.7 Å². The molecule has 0 aliphatic rings. The van der Waals surface area contributed by atoms with Crippen LogP contribution in [0.25, 0.3) is 23.0 Å². The Kier molecular flexibility index (Phi) is 7.79. The lowest BCUT2D eigenvalue weighted by molar-refractivity contribution is -0.117. The first-order chi connectivity index (χ1) is 17.6. The van der Waals surface area contributed by atoms with Crippen molar-refractivity contribution in [2.45, 2.75) is 6.42 Å². The Hall–Kier alpha value is -4.83. The average Bonchev–Trinajstić information content (AvgIpc) is 3.36. The van der Waals surface area contributed by atoms with Crippen molar-refractivity contribution in [3.63, 3.8) is 0 Å². The maximum absolute atomic E-state index is 12.8. The molecule has 4 aromatic rings. The van der Waals surface area contributed by atoms with Crippen molar-refractivity contribution in [1.82, 2.24) is 15.1 Å². The van der Waals surface area contributed by atoms with Crippen LogP contribution in [-0.2, 0) is 11.2 Å². The van der Waals surface area contributed by atoms with Crippen molar-refractivity contribution in [1.29, 1.82) is 5.26 Å². The Morgan fingerprint density at radius 2 is 1.69 bits per heavy atom. The second-order valence-electron chi connectivity index (χ2n) is 7.94. The smallest absolute Gasteiger partial charge is 0.261 e. The summed E-state index contributed by atoms with van der Waals surface area (Å²) in [6, 6.07) is 27.0. The number of amides is 1. The van der Waals surface area contributed by atoms with Gasteiger partial charge in [0.2, 0.25) is 0 Å². The number of carbonyl (C=O) groups is 1. The monoisotopic (exact) mass is 478 g/mol. The Bertz CT molecular complexity index is 1400. The molecule has 180 valence electrons. The topological polar surface area (TPSA) is 89.2 Å². The SMILES string of the molecule is COc1ccc(CCNC(=O)/C(C#N)=C/c2cn(-c3ccccc3)nc2-c2ccccc2)cc1OC. The number of nitrogens with one attached hydrogen (secondary N) is 1. The first-order valence-electron chi connectivity index (χ1n) is 11.4. The second-order valence-corrected chi connectivity index (χ2v) is 7.94. The Morgan fingerprint density at radius 1 is 1.00 bits per heavy atom. The first-order valence-corrected chi connectivity index (χ1v) is 11.4. The van der Waals surface area contributed by atoms with E-state index in [0.717, 1.165) is 16.8 Å². The normalized spacial score (nSPS) is 11.0. The molecule has 1 amide bonds. The van der Waals surface area contributed by atoms with E-state index in [-0.39, 0.29) is 5.57 Å². The van der Waals surface area contributed by atoms with E-state index in [1.54, 1.807) is 25.0 Å². The largest absolute Gasteiger partial charge is 0.493 e. The second kappa shape index (κ2) is 11.5. The molecule has 1 heterocycles. The molecule has 0 saturated carbocycles. The van der Waals surface area contributed by atoms with Gasteiger partial charge in [-0.05, 0) is 42.3 Å². The van der Waals surface area contributed by atoms with Crippen molar-refractivity contribution in [2.75, 3.05) is 20.8 Å². The molecule has 0 spiro atoms. The maximum atomic E-state index is 12.8. The lowest BCUT2D eigenvalue weighted by Crippen LogP contribution is -2.26. The Labute approximate surface area is 210 Å². The minimum atomic E-state index is -0.440. The molecule has 1 aromatic heterocycles. The van der Waals surface area contributed by atoms with Crippen LogP contribution in [0.4, 0.5) is 0 Å². The molecular formula is C29H26N4O3. The number of ether oxygens (including phenoxy) is 2. The predicted molar refractivity (Wildman–Crippen MR) is 139 cm³/mol. The van der Waals surface area contributed by atoms with Gasteiger partial charge in [0.25, 0.3) is 5.91 Å². The molecule has 4 rings (SSSR count). The molecule has 7 nitrogen and oxygen atoms in total. The number of hydrogen-bond acceptors (Lipinski definition) is 5. The van der Waals surface area contributed by atoms with Gasteiger partial charge in [0.15, 0.2) is 11.5 Å².